The minimum Gasteiger partial charge on any atom is -0.330 e. The van der Waals surface area contributed by atoms with Crippen molar-refractivity contribution in [3.05, 3.63) is 35.9 Å². The molecule has 0 amide bonds. The van der Waals surface area contributed by atoms with E-state index in [0.717, 1.165) is 13.0 Å². The number of rotatable bonds is 2. The molecule has 0 unspecified atom stereocenters. The van der Waals surface area contributed by atoms with Crippen molar-refractivity contribution in [2.75, 3.05) is 6.54 Å². The molecule has 0 heterocycles. The van der Waals surface area contributed by atoms with Gasteiger partial charge in [0.15, 0.2) is 0 Å². The molecule has 2 heteroatoms. The molecule has 2 N–H and O–H groups in total. The molecule has 0 fully saturated rings. The van der Waals surface area contributed by atoms with E-state index in [1.54, 1.807) is 0 Å². The Hall–Kier alpha value is -0.0213. The summed E-state index contributed by atoms with van der Waals surface area (Å²) in [4.78, 5) is 0. The molecule has 0 saturated heterocycles. The second kappa shape index (κ2) is 5.74. The summed E-state index contributed by atoms with van der Waals surface area (Å²) in [6.07, 6.45) is 0.987. The van der Waals surface area contributed by atoms with Crippen LogP contribution in [0.1, 0.15) is 5.56 Å². The first-order valence-corrected chi connectivity index (χ1v) is 3.17. The van der Waals surface area contributed by atoms with Crippen LogP contribution in [0.5, 0.6) is 0 Å². The molecular formula is C8H11NSn+4. The van der Waals surface area contributed by atoms with Crippen LogP contribution in [0.25, 0.3) is 0 Å². The zero-order valence-corrected chi connectivity index (χ0v) is 8.73. The average Bonchev–Trinajstić information content (AvgIpc) is 1.91. The molecule has 0 aliphatic heterocycles. The van der Waals surface area contributed by atoms with E-state index < -0.39 is 0 Å². The first-order chi connectivity index (χ1) is 4.43. The van der Waals surface area contributed by atoms with Crippen molar-refractivity contribution >= 4 is 23.9 Å². The molecule has 48 valence electrons. The number of hydrogen-bond donors (Lipinski definition) is 1. The van der Waals surface area contributed by atoms with Crippen molar-refractivity contribution in [2.45, 2.75) is 6.42 Å². The van der Waals surface area contributed by atoms with Crippen LogP contribution in [-0.2, 0) is 6.42 Å². The Kier molecular flexibility index (Phi) is 5.73. The zero-order valence-electron chi connectivity index (χ0n) is 5.88. The fourth-order valence-electron chi connectivity index (χ4n) is 0.811. The van der Waals surface area contributed by atoms with E-state index in [9.17, 15) is 0 Å². The summed E-state index contributed by atoms with van der Waals surface area (Å²) >= 11 is 0. The predicted octanol–water partition coefficient (Wildman–Crippen LogP) is 0.807. The monoisotopic (exact) mass is 241 g/mol. The Labute approximate surface area is 78.6 Å². The molecule has 0 bridgehead atoms. The third-order valence-electron chi connectivity index (χ3n) is 1.28. The van der Waals surface area contributed by atoms with Gasteiger partial charge in [0.25, 0.3) is 0 Å². The van der Waals surface area contributed by atoms with Crippen LogP contribution in [0.4, 0.5) is 0 Å². The van der Waals surface area contributed by atoms with E-state index in [1.165, 1.54) is 5.56 Å². The molecule has 1 aromatic rings. The van der Waals surface area contributed by atoms with Crippen molar-refractivity contribution in [3.63, 3.8) is 0 Å². The maximum Gasteiger partial charge on any atom is 4.00 e. The summed E-state index contributed by atoms with van der Waals surface area (Å²) in [6.45, 7) is 0.740. The average molecular weight is 240 g/mol. The first-order valence-electron chi connectivity index (χ1n) is 3.17. The summed E-state index contributed by atoms with van der Waals surface area (Å²) in [5.41, 5.74) is 6.68. The molecule has 0 saturated carbocycles. The fraction of sp³-hybridized carbons (Fsp3) is 0.250. The molecule has 0 aliphatic rings. The minimum absolute atomic E-state index is 0. The van der Waals surface area contributed by atoms with Gasteiger partial charge in [-0.1, -0.05) is 30.3 Å². The fourth-order valence-corrected chi connectivity index (χ4v) is 0.811. The normalized spacial score (nSPS) is 8.50. The predicted molar refractivity (Wildman–Crippen MR) is 45.0 cm³/mol. The van der Waals surface area contributed by atoms with E-state index >= 15 is 0 Å². The van der Waals surface area contributed by atoms with Crippen LogP contribution in [0.3, 0.4) is 0 Å². The number of nitrogens with two attached hydrogens (primary N) is 1. The molecule has 0 atom stereocenters. The van der Waals surface area contributed by atoms with Gasteiger partial charge < -0.3 is 5.73 Å². The summed E-state index contributed by atoms with van der Waals surface area (Å²) in [5.74, 6) is 0. The van der Waals surface area contributed by atoms with Crippen molar-refractivity contribution in [1.29, 1.82) is 0 Å². The largest absolute Gasteiger partial charge is 4.00 e. The van der Waals surface area contributed by atoms with Gasteiger partial charge in [-0.15, -0.1) is 0 Å². The Bertz CT molecular complexity index is 162. The number of hydrogen-bond acceptors (Lipinski definition) is 1. The quantitative estimate of drug-likeness (QED) is 0.760. The van der Waals surface area contributed by atoms with Crippen LogP contribution in [-0.4, -0.2) is 30.5 Å². The second-order valence-corrected chi connectivity index (χ2v) is 2.02. The van der Waals surface area contributed by atoms with E-state index in [2.05, 4.69) is 12.1 Å². The van der Waals surface area contributed by atoms with Gasteiger partial charge >= 0.3 is 23.9 Å². The Morgan fingerprint density at radius 3 is 2.20 bits per heavy atom. The van der Waals surface area contributed by atoms with Crippen LogP contribution in [0, 0.1) is 0 Å². The van der Waals surface area contributed by atoms with Crippen molar-refractivity contribution < 1.29 is 0 Å². The van der Waals surface area contributed by atoms with Crippen LogP contribution >= 0.6 is 0 Å². The van der Waals surface area contributed by atoms with Gasteiger partial charge in [-0.3, -0.25) is 0 Å². The van der Waals surface area contributed by atoms with Gasteiger partial charge in [0.1, 0.15) is 0 Å². The van der Waals surface area contributed by atoms with E-state index in [1.807, 2.05) is 18.2 Å². The first kappa shape index (κ1) is 9.98. The molecule has 1 aromatic carbocycles. The molecule has 10 heavy (non-hydrogen) atoms. The standard InChI is InChI=1S/C8H11N.Sn/c9-7-6-8-4-2-1-3-5-8;/h1-5H,6-7,9H2;/q;+4. The van der Waals surface area contributed by atoms with E-state index in [-0.39, 0.29) is 23.9 Å². The van der Waals surface area contributed by atoms with Gasteiger partial charge in [0.2, 0.25) is 0 Å². The zero-order chi connectivity index (χ0) is 6.53. The summed E-state index contributed by atoms with van der Waals surface area (Å²) in [5, 5.41) is 0. The second-order valence-electron chi connectivity index (χ2n) is 2.02. The molecule has 1 nitrogen and oxygen atoms in total. The Balaban J connectivity index is 0.000000810. The van der Waals surface area contributed by atoms with Crippen molar-refractivity contribution in [2.24, 2.45) is 5.73 Å². The molecular weight excluding hydrogens is 229 g/mol. The molecule has 0 spiro atoms. The van der Waals surface area contributed by atoms with E-state index in [0.29, 0.717) is 0 Å². The Morgan fingerprint density at radius 2 is 1.70 bits per heavy atom. The van der Waals surface area contributed by atoms with Crippen LogP contribution in [0.15, 0.2) is 30.3 Å². The van der Waals surface area contributed by atoms with Gasteiger partial charge in [-0.05, 0) is 18.5 Å². The molecule has 0 radical (unpaired) electrons. The van der Waals surface area contributed by atoms with Crippen LogP contribution < -0.4 is 5.73 Å². The molecule has 0 aliphatic carbocycles. The SMILES string of the molecule is NCCc1ccccc1.[Sn+4]. The molecule has 1 rings (SSSR count). The van der Waals surface area contributed by atoms with Crippen molar-refractivity contribution in [3.8, 4) is 0 Å². The topological polar surface area (TPSA) is 26.0 Å². The molecule has 0 aromatic heterocycles. The summed E-state index contributed by atoms with van der Waals surface area (Å²) < 4.78 is 0. The number of benzene rings is 1. The van der Waals surface area contributed by atoms with E-state index in [4.69, 9.17) is 5.73 Å². The summed E-state index contributed by atoms with van der Waals surface area (Å²) in [7, 11) is 0. The minimum atomic E-state index is 0. The summed E-state index contributed by atoms with van der Waals surface area (Å²) in [6, 6.07) is 10.3. The van der Waals surface area contributed by atoms with Gasteiger partial charge in [-0.2, -0.15) is 0 Å². The maximum atomic E-state index is 5.36. The van der Waals surface area contributed by atoms with Crippen LogP contribution in [0.2, 0.25) is 0 Å². The smallest absolute Gasteiger partial charge is 0.330 e. The Morgan fingerprint density at radius 1 is 1.10 bits per heavy atom. The third-order valence-corrected chi connectivity index (χ3v) is 1.28. The van der Waals surface area contributed by atoms with Crippen molar-refractivity contribution in [1.82, 2.24) is 0 Å². The maximum absolute atomic E-state index is 5.36. The van der Waals surface area contributed by atoms with Gasteiger partial charge in [0, 0.05) is 0 Å². The van der Waals surface area contributed by atoms with Gasteiger partial charge in [0.05, 0.1) is 0 Å². The third kappa shape index (κ3) is 3.22. The van der Waals surface area contributed by atoms with Gasteiger partial charge in [-0.25, -0.2) is 0 Å².